The largest absolute Gasteiger partial charge is 0.497 e. The number of rotatable bonds is 9. The maximum Gasteiger partial charge on any atom is 0.244 e. The first kappa shape index (κ1) is 34.4. The summed E-state index contributed by atoms with van der Waals surface area (Å²) in [4.78, 5) is 22.5. The highest BCUT2D eigenvalue weighted by Gasteiger charge is 2.41. The lowest BCUT2D eigenvalue weighted by atomic mass is 9.53. The number of carbonyl (C=O) groups is 1. The van der Waals surface area contributed by atoms with Crippen molar-refractivity contribution in [3.63, 3.8) is 0 Å². The van der Waals surface area contributed by atoms with E-state index in [1.807, 2.05) is 0 Å². The Bertz CT molecular complexity index is 1760. The van der Waals surface area contributed by atoms with E-state index in [2.05, 4.69) is 62.9 Å². The number of carbonyl (C=O) groups excluding carboxylic acids is 1. The molecule has 1 saturated heterocycles. The lowest BCUT2D eigenvalue weighted by Crippen LogP contribution is -2.56. The van der Waals surface area contributed by atoms with E-state index in [9.17, 15) is 22.7 Å². The van der Waals surface area contributed by atoms with Crippen molar-refractivity contribution in [1.82, 2.24) is 19.6 Å². The molecular weight excluding hydrogens is 677 g/mol. The average molecular weight is 712 g/mol. The molecule has 2 unspecified atom stereocenters. The van der Waals surface area contributed by atoms with E-state index in [-0.39, 0.29) is 39.6 Å². The maximum absolute atomic E-state index is 14.1. The first-order valence-electron chi connectivity index (χ1n) is 14.9. The third kappa shape index (κ3) is 7.30. The van der Waals surface area contributed by atoms with Crippen LogP contribution >= 0.6 is 15.9 Å². The number of aliphatic hydroxyl groups is 1. The molecule has 2 aromatic carbocycles. The number of benzene rings is 2. The highest BCUT2D eigenvalue weighted by atomic mass is 79.9. The summed E-state index contributed by atoms with van der Waals surface area (Å²) < 4.78 is 54.6. The summed E-state index contributed by atoms with van der Waals surface area (Å²) in [5, 5.41) is 15.4. The summed E-state index contributed by atoms with van der Waals surface area (Å²) >= 11 is 3.52. The second-order valence-electron chi connectivity index (χ2n) is 13.0. The SMILES string of the molecule is BC1(B)CC(Nc2ncc(Br)c(-c3ccc4c(c3)S(=O)(=O)N(C(C)C(=O)NC(CO)c3cc(F)cc(OC)c3)C4)n2)CC(B)(B)O1. The van der Waals surface area contributed by atoms with E-state index >= 15 is 0 Å². The first-order chi connectivity index (χ1) is 21.5. The van der Waals surface area contributed by atoms with Crippen LogP contribution in [0.2, 0.25) is 0 Å². The van der Waals surface area contributed by atoms with Crippen LogP contribution in [0.1, 0.15) is 36.9 Å². The summed E-state index contributed by atoms with van der Waals surface area (Å²) in [5.41, 5.74) is 1.89. The van der Waals surface area contributed by atoms with Gasteiger partial charge in [0.25, 0.3) is 0 Å². The van der Waals surface area contributed by atoms with Crippen molar-refractivity contribution in [2.24, 2.45) is 0 Å². The number of hydrogen-bond acceptors (Lipinski definition) is 9. The Balaban J connectivity index is 1.35. The van der Waals surface area contributed by atoms with Gasteiger partial charge in [0, 0.05) is 41.2 Å². The average Bonchev–Trinajstić information content (AvgIpc) is 3.23. The zero-order chi connectivity index (χ0) is 33.6. The lowest BCUT2D eigenvalue weighted by Gasteiger charge is -2.46. The molecule has 18 heteroatoms. The molecule has 2 atom stereocenters. The number of nitrogens with one attached hydrogen (secondary N) is 2. The Kier molecular flexibility index (Phi) is 9.69. The summed E-state index contributed by atoms with van der Waals surface area (Å²) in [7, 11) is 5.53. The highest BCUT2D eigenvalue weighted by Crippen LogP contribution is 2.37. The molecule has 240 valence electrons. The number of amides is 1. The molecule has 3 aromatic rings. The Hall–Kier alpha value is -2.91. The van der Waals surface area contributed by atoms with Gasteiger partial charge >= 0.3 is 0 Å². The predicted molar refractivity (Wildman–Crippen MR) is 186 cm³/mol. The zero-order valence-corrected chi connectivity index (χ0v) is 29.0. The zero-order valence-electron chi connectivity index (χ0n) is 26.6. The van der Waals surface area contributed by atoms with E-state index < -0.39 is 40.4 Å². The van der Waals surface area contributed by atoms with Gasteiger partial charge in [0.05, 0.1) is 34.8 Å². The van der Waals surface area contributed by atoms with Crippen molar-refractivity contribution in [2.45, 2.75) is 60.1 Å². The van der Waals surface area contributed by atoms with Gasteiger partial charge in [-0.05, 0) is 65.0 Å². The topological polar surface area (TPSA) is 143 Å². The van der Waals surface area contributed by atoms with Crippen molar-refractivity contribution in [1.29, 1.82) is 0 Å². The molecule has 46 heavy (non-hydrogen) atoms. The standard InChI is InChI=1S/C28H35B4BrFN5O6S/c1-14(25(41)37-22(13-40)17-5-18(34)8-20(6-17)44-2)39-12-16-4-3-15(7-23(16)46(39,42)43)24-21(33)11-35-26(38-24)36-19-9-27(29,30)45-28(31,32)10-19/h3-8,11,14,19,22,40H,9-10,12-13,29-32H2,1-2H3,(H,37,41)(H,35,36,38). The molecule has 5 rings (SSSR count). The summed E-state index contributed by atoms with van der Waals surface area (Å²) in [6.45, 7) is 0.922. The number of aliphatic hydroxyl groups excluding tert-OH is 1. The van der Waals surface area contributed by atoms with Gasteiger partial charge < -0.3 is 25.2 Å². The van der Waals surface area contributed by atoms with Crippen molar-refractivity contribution in [3.05, 3.63) is 64.0 Å². The molecule has 1 fully saturated rings. The summed E-state index contributed by atoms with van der Waals surface area (Å²) in [6.07, 6.45) is 3.16. The number of halogens is 2. The van der Waals surface area contributed by atoms with Crippen LogP contribution in [-0.2, 0) is 26.1 Å². The number of methoxy groups -OCH3 is 1. The van der Waals surface area contributed by atoms with Crippen LogP contribution in [0.15, 0.2) is 52.0 Å². The predicted octanol–water partition coefficient (Wildman–Crippen LogP) is -0.773. The minimum Gasteiger partial charge on any atom is -0.497 e. The molecule has 3 N–H and O–H groups in total. The molecule has 0 spiro atoms. The lowest BCUT2D eigenvalue weighted by molar-refractivity contribution is -0.125. The molecular formula is C28H35B4BrFN5O6S. The van der Waals surface area contributed by atoms with Gasteiger partial charge in [0.2, 0.25) is 21.9 Å². The monoisotopic (exact) mass is 711 g/mol. The van der Waals surface area contributed by atoms with E-state index in [0.29, 0.717) is 27.2 Å². The van der Waals surface area contributed by atoms with Gasteiger partial charge in [-0.1, -0.05) is 12.1 Å². The highest BCUT2D eigenvalue weighted by molar-refractivity contribution is 9.10. The normalized spacial score (nSPS) is 19.9. The van der Waals surface area contributed by atoms with Crippen LogP contribution in [0.25, 0.3) is 11.3 Å². The van der Waals surface area contributed by atoms with Crippen LogP contribution in [0, 0.1) is 5.82 Å². The third-order valence-electron chi connectivity index (χ3n) is 8.20. The van der Waals surface area contributed by atoms with Crippen LogP contribution in [0.3, 0.4) is 0 Å². The van der Waals surface area contributed by atoms with Crippen molar-refractivity contribution < 1.29 is 32.2 Å². The maximum atomic E-state index is 14.1. The Morgan fingerprint density at radius 3 is 2.57 bits per heavy atom. The molecule has 1 aromatic heterocycles. The fourth-order valence-corrected chi connectivity index (χ4v) is 8.61. The molecule has 3 heterocycles. The Labute approximate surface area is 280 Å². The molecule has 11 nitrogen and oxygen atoms in total. The number of ether oxygens (including phenoxy) is 2. The molecule has 1 amide bonds. The quantitative estimate of drug-likeness (QED) is 0.244. The third-order valence-corrected chi connectivity index (χ3v) is 10.8. The second kappa shape index (κ2) is 12.9. The number of sulfonamides is 1. The fraction of sp³-hybridized carbons (Fsp3) is 0.393. The summed E-state index contributed by atoms with van der Waals surface area (Å²) in [6, 6.07) is 6.88. The van der Waals surface area contributed by atoms with Gasteiger partial charge in [-0.25, -0.2) is 22.8 Å². The first-order valence-corrected chi connectivity index (χ1v) is 17.2. The van der Waals surface area contributed by atoms with Gasteiger partial charge in [-0.15, -0.1) is 0 Å². The molecule has 0 aliphatic carbocycles. The molecule has 2 aliphatic rings. The number of nitrogens with zero attached hydrogens (tertiary/aromatic N) is 3. The van der Waals surface area contributed by atoms with Crippen molar-refractivity contribution in [2.75, 3.05) is 19.0 Å². The van der Waals surface area contributed by atoms with Crippen LogP contribution in [0.5, 0.6) is 5.75 Å². The van der Waals surface area contributed by atoms with Gasteiger partial charge in [0.15, 0.2) is 0 Å². The number of hydrogen-bond donors (Lipinski definition) is 3. The number of aromatic nitrogens is 2. The van der Waals surface area contributed by atoms with Crippen LogP contribution in [-0.4, -0.2) is 102 Å². The van der Waals surface area contributed by atoms with Gasteiger partial charge in [0.1, 0.15) is 49.0 Å². The smallest absolute Gasteiger partial charge is 0.244 e. The van der Waals surface area contributed by atoms with Crippen LogP contribution < -0.4 is 15.4 Å². The van der Waals surface area contributed by atoms with E-state index in [0.717, 1.165) is 17.1 Å². The Morgan fingerprint density at radius 2 is 1.91 bits per heavy atom. The Morgan fingerprint density at radius 1 is 1.22 bits per heavy atom. The molecule has 0 saturated carbocycles. The second-order valence-corrected chi connectivity index (χ2v) is 15.7. The van der Waals surface area contributed by atoms with Crippen molar-refractivity contribution in [3.8, 4) is 17.0 Å². The molecule has 2 aliphatic heterocycles. The number of anilines is 1. The van der Waals surface area contributed by atoms with Crippen LogP contribution in [0.4, 0.5) is 10.3 Å². The summed E-state index contributed by atoms with van der Waals surface area (Å²) in [5.74, 6) is -0.606. The van der Waals surface area contributed by atoms with Crippen molar-refractivity contribution >= 4 is 69.2 Å². The number of fused-ring (bicyclic) bond motifs is 1. The molecule has 0 radical (unpaired) electrons. The van der Waals surface area contributed by atoms with E-state index in [4.69, 9.17) is 14.5 Å². The van der Waals surface area contributed by atoms with E-state index in [1.165, 1.54) is 32.2 Å². The minimum atomic E-state index is -4.08. The minimum absolute atomic E-state index is 0.0167. The van der Waals surface area contributed by atoms with Gasteiger partial charge in [-0.2, -0.15) is 4.31 Å². The fourth-order valence-electron chi connectivity index (χ4n) is 6.37. The molecule has 0 bridgehead atoms. The van der Waals surface area contributed by atoms with Gasteiger partial charge in [-0.3, -0.25) is 4.79 Å². The van der Waals surface area contributed by atoms with E-state index in [1.54, 1.807) is 24.4 Å².